The molecule has 31 heavy (non-hydrogen) atoms. The van der Waals surface area contributed by atoms with Crippen LogP contribution in [0.3, 0.4) is 0 Å². The molecule has 2 aliphatic heterocycles. The molecular weight excluding hydrogens is 416 g/mol. The van der Waals surface area contributed by atoms with Crippen LogP contribution in [-0.4, -0.2) is 50.8 Å². The van der Waals surface area contributed by atoms with Crippen LogP contribution in [0.1, 0.15) is 30.5 Å². The van der Waals surface area contributed by atoms with Gasteiger partial charge < -0.3 is 10.2 Å². The average molecular weight is 443 g/mol. The van der Waals surface area contributed by atoms with Gasteiger partial charge in [0.25, 0.3) is 0 Å². The number of nitrogens with two attached hydrogens (primary N) is 1. The number of carbonyl (C=O) groups excluding carboxylic acids is 2. The lowest BCUT2D eigenvalue weighted by molar-refractivity contribution is -0.123. The molecule has 164 valence electrons. The number of nitrogens with zero attached hydrogens (tertiary/aromatic N) is 2. The van der Waals surface area contributed by atoms with Crippen LogP contribution in [-0.2, 0) is 26.0 Å². The summed E-state index contributed by atoms with van der Waals surface area (Å²) in [4.78, 5) is 29.4. The first kappa shape index (κ1) is 21.5. The Morgan fingerprint density at radius 3 is 2.61 bits per heavy atom. The number of rotatable bonds is 4. The van der Waals surface area contributed by atoms with Crippen LogP contribution in [0.2, 0.25) is 0 Å². The minimum absolute atomic E-state index is 0.0285. The van der Waals surface area contributed by atoms with Crippen molar-refractivity contribution >= 4 is 27.5 Å². The molecule has 2 aromatic carbocycles. The maximum Gasteiger partial charge on any atom is 0.241 e. The van der Waals surface area contributed by atoms with Gasteiger partial charge in [-0.1, -0.05) is 30.3 Å². The third-order valence-electron chi connectivity index (χ3n) is 5.93. The summed E-state index contributed by atoms with van der Waals surface area (Å²) in [6, 6.07) is 14.1. The van der Waals surface area contributed by atoms with Crippen LogP contribution < -0.4 is 15.4 Å². The van der Waals surface area contributed by atoms with Crippen LogP contribution in [0.4, 0.5) is 5.69 Å². The van der Waals surface area contributed by atoms with E-state index in [1.54, 1.807) is 17.0 Å². The van der Waals surface area contributed by atoms with E-state index >= 15 is 0 Å². The number of amides is 2. The van der Waals surface area contributed by atoms with Crippen LogP contribution in [0, 0.1) is 0 Å². The maximum atomic E-state index is 13.4. The van der Waals surface area contributed by atoms with E-state index in [1.165, 1.54) is 6.07 Å². The Morgan fingerprint density at radius 1 is 1.16 bits per heavy atom. The monoisotopic (exact) mass is 442 g/mol. The largest absolute Gasteiger partial charge is 0.355 e. The maximum absolute atomic E-state index is 13.4. The highest BCUT2D eigenvalue weighted by molar-refractivity contribution is 7.89. The number of fused-ring (bicyclic) bond motifs is 1. The van der Waals surface area contributed by atoms with Gasteiger partial charge in [0.15, 0.2) is 0 Å². The summed E-state index contributed by atoms with van der Waals surface area (Å²) in [7, 11) is -3.80. The highest BCUT2D eigenvalue weighted by Gasteiger charge is 2.34. The van der Waals surface area contributed by atoms with Gasteiger partial charge >= 0.3 is 0 Å². The van der Waals surface area contributed by atoms with Crippen LogP contribution >= 0.6 is 0 Å². The smallest absolute Gasteiger partial charge is 0.241 e. The van der Waals surface area contributed by atoms with Crippen LogP contribution in [0.25, 0.3) is 0 Å². The first-order valence-corrected chi connectivity index (χ1v) is 11.8. The van der Waals surface area contributed by atoms with Crippen molar-refractivity contribution in [3.8, 4) is 0 Å². The van der Waals surface area contributed by atoms with E-state index in [2.05, 4.69) is 5.32 Å². The third kappa shape index (κ3) is 4.48. The van der Waals surface area contributed by atoms with Gasteiger partial charge in [-0.2, -0.15) is 0 Å². The van der Waals surface area contributed by atoms with E-state index < -0.39 is 10.0 Å². The summed E-state index contributed by atoms with van der Waals surface area (Å²) < 4.78 is 23.4. The standard InChI is InChI=1S/C22H26N4O4S/c1-15-11-17-12-18(31(23,29)30)7-8-19(17)26(15)22(28)14-25-10-9-24-21(27)13-20(25)16-5-3-2-4-6-16/h2-8,12,15,20H,9-11,13-14H2,1H3,(H,24,27)(H2,23,29,30)/t15-,20-/m0/s1. The number of benzene rings is 2. The van der Waals surface area contributed by atoms with E-state index in [0.29, 0.717) is 31.6 Å². The fraction of sp³-hybridized carbons (Fsp3) is 0.364. The first-order valence-electron chi connectivity index (χ1n) is 10.3. The minimum atomic E-state index is -3.80. The molecule has 2 amide bonds. The van der Waals surface area contributed by atoms with E-state index in [9.17, 15) is 18.0 Å². The average Bonchev–Trinajstić information content (AvgIpc) is 2.95. The van der Waals surface area contributed by atoms with Crippen molar-refractivity contribution in [3.63, 3.8) is 0 Å². The van der Waals surface area contributed by atoms with E-state index in [4.69, 9.17) is 5.14 Å². The molecule has 0 radical (unpaired) electrons. The van der Waals surface area contributed by atoms with Gasteiger partial charge in [-0.25, -0.2) is 13.6 Å². The third-order valence-corrected chi connectivity index (χ3v) is 6.84. The number of nitrogens with one attached hydrogen (secondary N) is 1. The van der Waals surface area contributed by atoms with Gasteiger partial charge in [0, 0.05) is 37.3 Å². The Morgan fingerprint density at radius 2 is 1.90 bits per heavy atom. The number of anilines is 1. The van der Waals surface area contributed by atoms with Crippen molar-refractivity contribution in [1.29, 1.82) is 0 Å². The summed E-state index contributed by atoms with van der Waals surface area (Å²) in [5.41, 5.74) is 2.50. The van der Waals surface area contributed by atoms with Crippen molar-refractivity contribution in [3.05, 3.63) is 59.7 Å². The molecule has 3 N–H and O–H groups in total. The fourth-order valence-corrected chi connectivity index (χ4v) is 5.04. The van der Waals surface area contributed by atoms with E-state index in [1.807, 2.05) is 42.2 Å². The Labute approximate surface area is 182 Å². The summed E-state index contributed by atoms with van der Waals surface area (Å²) in [6.45, 7) is 3.15. The van der Waals surface area contributed by atoms with Crippen molar-refractivity contribution < 1.29 is 18.0 Å². The van der Waals surface area contributed by atoms with Gasteiger partial charge in [-0.15, -0.1) is 0 Å². The van der Waals surface area contributed by atoms with Gasteiger partial charge in [0.1, 0.15) is 0 Å². The molecule has 9 heteroatoms. The zero-order valence-corrected chi connectivity index (χ0v) is 18.1. The Kier molecular flexibility index (Phi) is 5.83. The molecule has 0 saturated carbocycles. The Hall–Kier alpha value is -2.75. The highest BCUT2D eigenvalue weighted by Crippen LogP contribution is 2.34. The molecule has 2 aliphatic rings. The molecule has 2 atom stereocenters. The second kappa shape index (κ2) is 8.41. The van der Waals surface area contributed by atoms with E-state index in [-0.39, 0.29) is 35.3 Å². The lowest BCUT2D eigenvalue weighted by Gasteiger charge is -2.32. The van der Waals surface area contributed by atoms with E-state index in [0.717, 1.165) is 11.1 Å². The molecule has 1 fully saturated rings. The topological polar surface area (TPSA) is 113 Å². The second-order valence-corrected chi connectivity index (χ2v) is 9.66. The molecule has 0 unspecified atom stereocenters. The molecule has 4 rings (SSSR count). The Balaban J connectivity index is 1.59. The van der Waals surface area contributed by atoms with Gasteiger partial charge in [-0.3, -0.25) is 14.5 Å². The molecule has 0 bridgehead atoms. The van der Waals surface area contributed by atoms with Gasteiger partial charge in [0.2, 0.25) is 21.8 Å². The number of sulfonamides is 1. The summed E-state index contributed by atoms with van der Waals surface area (Å²) >= 11 is 0. The normalized spacial score (nSPS) is 22.0. The molecule has 0 aromatic heterocycles. The second-order valence-electron chi connectivity index (χ2n) is 8.10. The molecule has 8 nitrogen and oxygen atoms in total. The van der Waals surface area contributed by atoms with Gasteiger partial charge in [-0.05, 0) is 42.7 Å². The number of carbonyl (C=O) groups is 2. The predicted molar refractivity (Wildman–Crippen MR) is 117 cm³/mol. The summed E-state index contributed by atoms with van der Waals surface area (Å²) in [6.07, 6.45) is 0.855. The quantitative estimate of drug-likeness (QED) is 0.738. The lowest BCUT2D eigenvalue weighted by Crippen LogP contribution is -2.44. The predicted octanol–water partition coefficient (Wildman–Crippen LogP) is 1.17. The Bertz CT molecular complexity index is 1100. The SMILES string of the molecule is C[C@H]1Cc2cc(S(N)(=O)=O)ccc2N1C(=O)CN1CCNC(=O)C[C@H]1c1ccccc1. The van der Waals surface area contributed by atoms with Crippen LogP contribution in [0.5, 0.6) is 0 Å². The molecule has 0 spiro atoms. The van der Waals surface area contributed by atoms with Crippen LogP contribution in [0.15, 0.2) is 53.4 Å². The molecule has 2 heterocycles. The van der Waals surface area contributed by atoms with Crippen molar-refractivity contribution in [1.82, 2.24) is 10.2 Å². The number of primary sulfonamides is 1. The summed E-state index contributed by atoms with van der Waals surface area (Å²) in [5, 5.41) is 8.14. The molecule has 1 saturated heterocycles. The summed E-state index contributed by atoms with van der Waals surface area (Å²) in [5.74, 6) is -0.107. The zero-order valence-electron chi connectivity index (χ0n) is 17.3. The molecular formula is C22H26N4O4S. The highest BCUT2D eigenvalue weighted by atomic mass is 32.2. The fourth-order valence-electron chi connectivity index (χ4n) is 4.48. The van der Waals surface area contributed by atoms with Gasteiger partial charge in [0.05, 0.1) is 11.4 Å². The first-order chi connectivity index (χ1) is 14.7. The zero-order chi connectivity index (χ0) is 22.2. The number of hydrogen-bond acceptors (Lipinski definition) is 5. The van der Waals surface area contributed by atoms with Crippen molar-refractivity contribution in [2.75, 3.05) is 24.5 Å². The number of hydrogen-bond donors (Lipinski definition) is 2. The lowest BCUT2D eigenvalue weighted by atomic mass is 10.0. The van der Waals surface area contributed by atoms with Crippen molar-refractivity contribution in [2.45, 2.75) is 36.7 Å². The minimum Gasteiger partial charge on any atom is -0.355 e. The van der Waals surface area contributed by atoms with Crippen molar-refractivity contribution in [2.24, 2.45) is 5.14 Å². The molecule has 0 aliphatic carbocycles. The molecule has 2 aromatic rings.